The topological polar surface area (TPSA) is 145 Å². The van der Waals surface area contributed by atoms with Crippen LogP contribution in [-0.2, 0) is 4.79 Å². The van der Waals surface area contributed by atoms with Crippen LogP contribution < -0.4 is 36.3 Å². The summed E-state index contributed by atoms with van der Waals surface area (Å²) in [6, 6.07) is 9.01. The number of nitrogen functional groups attached to an aromatic ring is 1. The molecule has 0 aliphatic carbocycles. The summed E-state index contributed by atoms with van der Waals surface area (Å²) in [4.78, 5) is 12.6. The van der Waals surface area contributed by atoms with Gasteiger partial charge in [-0.1, -0.05) is 6.07 Å². The van der Waals surface area contributed by atoms with Gasteiger partial charge in [-0.3, -0.25) is 4.79 Å². The Kier molecular flexibility index (Phi) is 6.35. The van der Waals surface area contributed by atoms with Crippen molar-refractivity contribution >= 4 is 33.2 Å². The van der Waals surface area contributed by atoms with Gasteiger partial charge in [-0.15, -0.1) is 0 Å². The lowest BCUT2D eigenvalue weighted by atomic mass is 9.83. The van der Waals surface area contributed by atoms with Crippen LogP contribution in [0, 0.1) is 11.3 Å². The molecule has 172 valence electrons. The first kappa shape index (κ1) is 22.8. The Balaban J connectivity index is 1.79. The quantitative estimate of drug-likeness (QED) is 0.446. The lowest BCUT2D eigenvalue weighted by Crippen LogP contribution is -2.35. The maximum absolute atomic E-state index is 12.6. The SMILES string of the molecule is COc1cc(C2C(C#N)=C(N)Oc3c2ccc(NC(=O)C2CCCN2)c3N)cc(Br)c1OC. The van der Waals surface area contributed by atoms with Crippen LogP contribution in [0.15, 0.2) is 40.2 Å². The van der Waals surface area contributed by atoms with Gasteiger partial charge >= 0.3 is 0 Å². The van der Waals surface area contributed by atoms with E-state index in [0.29, 0.717) is 33.0 Å². The van der Waals surface area contributed by atoms with Gasteiger partial charge in [0.15, 0.2) is 17.2 Å². The van der Waals surface area contributed by atoms with Gasteiger partial charge in [-0.25, -0.2) is 0 Å². The van der Waals surface area contributed by atoms with Crippen molar-refractivity contribution in [2.75, 3.05) is 31.8 Å². The molecule has 2 aromatic rings. The van der Waals surface area contributed by atoms with Crippen LogP contribution in [0.3, 0.4) is 0 Å². The molecule has 2 unspecified atom stereocenters. The average molecular weight is 514 g/mol. The molecule has 6 N–H and O–H groups in total. The van der Waals surface area contributed by atoms with Crippen molar-refractivity contribution in [1.82, 2.24) is 5.32 Å². The zero-order valence-corrected chi connectivity index (χ0v) is 19.8. The van der Waals surface area contributed by atoms with E-state index in [1.165, 1.54) is 7.11 Å². The summed E-state index contributed by atoms with van der Waals surface area (Å²) >= 11 is 3.50. The van der Waals surface area contributed by atoms with Gasteiger partial charge in [0.25, 0.3) is 0 Å². The molecule has 1 amide bonds. The number of hydrogen-bond acceptors (Lipinski definition) is 8. The highest BCUT2D eigenvalue weighted by Crippen LogP contribution is 2.49. The first-order valence-corrected chi connectivity index (χ1v) is 11.1. The molecule has 0 radical (unpaired) electrons. The predicted octanol–water partition coefficient (Wildman–Crippen LogP) is 2.96. The molecular weight excluding hydrogens is 490 g/mol. The molecular formula is C23H24BrN5O4. The number of methoxy groups -OCH3 is 2. The van der Waals surface area contributed by atoms with Crippen LogP contribution in [0.5, 0.6) is 17.2 Å². The van der Waals surface area contributed by atoms with E-state index >= 15 is 0 Å². The zero-order valence-electron chi connectivity index (χ0n) is 18.2. The molecule has 2 aliphatic rings. The monoisotopic (exact) mass is 513 g/mol. The molecule has 10 heteroatoms. The van der Waals surface area contributed by atoms with Crippen molar-refractivity contribution in [1.29, 1.82) is 5.26 Å². The summed E-state index contributed by atoms with van der Waals surface area (Å²) in [6.45, 7) is 0.807. The van der Waals surface area contributed by atoms with E-state index < -0.39 is 5.92 Å². The minimum Gasteiger partial charge on any atom is -0.493 e. The van der Waals surface area contributed by atoms with Crippen LogP contribution in [0.1, 0.15) is 29.9 Å². The molecule has 2 heterocycles. The number of carbonyl (C=O) groups is 1. The molecule has 1 fully saturated rings. The summed E-state index contributed by atoms with van der Waals surface area (Å²) in [5.41, 5.74) is 14.8. The number of fused-ring (bicyclic) bond motifs is 1. The van der Waals surface area contributed by atoms with Crippen molar-refractivity contribution in [3.8, 4) is 23.3 Å². The maximum Gasteiger partial charge on any atom is 0.241 e. The van der Waals surface area contributed by atoms with Crippen LogP contribution in [-0.4, -0.2) is 32.7 Å². The molecule has 0 bridgehead atoms. The number of nitrogens with zero attached hydrogens (tertiary/aromatic N) is 1. The molecule has 0 aromatic heterocycles. The second kappa shape index (κ2) is 9.21. The lowest BCUT2D eigenvalue weighted by Gasteiger charge is -2.29. The van der Waals surface area contributed by atoms with Crippen LogP contribution in [0.2, 0.25) is 0 Å². The average Bonchev–Trinajstić information content (AvgIpc) is 3.35. The number of amides is 1. The van der Waals surface area contributed by atoms with E-state index in [2.05, 4.69) is 32.6 Å². The van der Waals surface area contributed by atoms with Gasteiger partial charge < -0.3 is 36.3 Å². The fraction of sp³-hybridized carbons (Fsp3) is 0.304. The van der Waals surface area contributed by atoms with Gasteiger partial charge in [-0.05, 0) is 59.1 Å². The smallest absolute Gasteiger partial charge is 0.241 e. The van der Waals surface area contributed by atoms with E-state index in [-0.39, 0.29) is 29.1 Å². The van der Waals surface area contributed by atoms with Gasteiger partial charge in [0.05, 0.1) is 42.0 Å². The second-order valence-corrected chi connectivity index (χ2v) is 8.60. The Morgan fingerprint density at radius 2 is 2.09 bits per heavy atom. The van der Waals surface area contributed by atoms with Gasteiger partial charge in [0.2, 0.25) is 11.8 Å². The van der Waals surface area contributed by atoms with Gasteiger partial charge in [0, 0.05) is 5.56 Å². The van der Waals surface area contributed by atoms with Gasteiger partial charge in [0.1, 0.15) is 11.6 Å². The number of hydrogen-bond donors (Lipinski definition) is 4. The standard InChI is InChI=1S/C23H24BrN5O4/c1-31-17-9-11(8-14(24)21(17)32-2)18-12-5-6-15(29-23(30)16-4-3-7-28-16)19(26)20(12)33-22(27)13(18)10-25/h5-6,8-9,16,18,28H,3-4,7,26-27H2,1-2H3,(H,29,30). The number of anilines is 2. The molecule has 2 aliphatic heterocycles. The van der Waals surface area contributed by atoms with E-state index in [4.69, 9.17) is 25.7 Å². The van der Waals surface area contributed by atoms with E-state index in [9.17, 15) is 10.1 Å². The van der Waals surface area contributed by atoms with Crippen LogP contribution >= 0.6 is 15.9 Å². The summed E-state index contributed by atoms with van der Waals surface area (Å²) in [5.74, 6) is 0.567. The van der Waals surface area contributed by atoms with Crippen LogP contribution in [0.25, 0.3) is 0 Å². The van der Waals surface area contributed by atoms with E-state index in [1.54, 1.807) is 25.3 Å². The molecule has 4 rings (SSSR count). The van der Waals surface area contributed by atoms with Crippen molar-refractivity contribution in [3.05, 3.63) is 51.3 Å². The Hall–Kier alpha value is -3.42. The largest absolute Gasteiger partial charge is 0.493 e. The number of nitriles is 1. The number of ether oxygens (including phenoxy) is 3. The number of nitrogens with one attached hydrogen (secondary N) is 2. The third kappa shape index (κ3) is 4.05. The molecule has 0 saturated carbocycles. The third-order valence-corrected chi connectivity index (χ3v) is 6.44. The molecule has 2 aromatic carbocycles. The molecule has 2 atom stereocenters. The minimum atomic E-state index is -0.557. The first-order valence-electron chi connectivity index (χ1n) is 10.3. The Morgan fingerprint density at radius 3 is 2.73 bits per heavy atom. The lowest BCUT2D eigenvalue weighted by molar-refractivity contribution is -0.117. The minimum absolute atomic E-state index is 0.0476. The highest BCUT2D eigenvalue weighted by Gasteiger charge is 2.34. The van der Waals surface area contributed by atoms with Crippen molar-refractivity contribution < 1.29 is 19.0 Å². The Bertz CT molecular complexity index is 1180. The second-order valence-electron chi connectivity index (χ2n) is 7.75. The number of nitrogens with two attached hydrogens (primary N) is 2. The highest BCUT2D eigenvalue weighted by atomic mass is 79.9. The van der Waals surface area contributed by atoms with Crippen molar-refractivity contribution in [2.24, 2.45) is 5.73 Å². The number of halogens is 1. The molecule has 33 heavy (non-hydrogen) atoms. The third-order valence-electron chi connectivity index (χ3n) is 5.85. The van der Waals surface area contributed by atoms with Crippen molar-refractivity contribution in [2.45, 2.75) is 24.8 Å². The van der Waals surface area contributed by atoms with E-state index in [0.717, 1.165) is 24.9 Å². The highest BCUT2D eigenvalue weighted by molar-refractivity contribution is 9.10. The fourth-order valence-corrected chi connectivity index (χ4v) is 4.85. The Labute approximate surface area is 199 Å². The van der Waals surface area contributed by atoms with Crippen molar-refractivity contribution in [3.63, 3.8) is 0 Å². The number of rotatable bonds is 5. The molecule has 0 spiro atoms. The Morgan fingerprint density at radius 1 is 1.30 bits per heavy atom. The fourth-order valence-electron chi connectivity index (χ4n) is 4.23. The summed E-state index contributed by atoms with van der Waals surface area (Å²) in [5, 5.41) is 15.9. The summed E-state index contributed by atoms with van der Waals surface area (Å²) in [7, 11) is 3.08. The summed E-state index contributed by atoms with van der Waals surface area (Å²) in [6.07, 6.45) is 1.71. The number of carbonyl (C=O) groups excluding carboxylic acids is 1. The maximum atomic E-state index is 12.6. The van der Waals surface area contributed by atoms with Gasteiger partial charge in [-0.2, -0.15) is 5.26 Å². The predicted molar refractivity (Wildman–Crippen MR) is 127 cm³/mol. The molecule has 9 nitrogen and oxygen atoms in total. The van der Waals surface area contributed by atoms with Crippen LogP contribution in [0.4, 0.5) is 11.4 Å². The number of benzene rings is 2. The number of allylic oxidation sites excluding steroid dienone is 1. The summed E-state index contributed by atoms with van der Waals surface area (Å²) < 4.78 is 17.3. The molecule has 1 saturated heterocycles. The normalized spacial score (nSPS) is 19.3. The first-order chi connectivity index (χ1) is 15.9. The van der Waals surface area contributed by atoms with E-state index in [1.807, 2.05) is 6.07 Å². The zero-order chi connectivity index (χ0) is 23.7.